The quantitative estimate of drug-likeness (QED) is 0.631. The van der Waals surface area contributed by atoms with E-state index in [9.17, 15) is 0 Å². The number of rotatable bonds is 8. The Kier molecular flexibility index (Phi) is 5.65. The van der Waals surface area contributed by atoms with Crippen molar-refractivity contribution in [2.45, 2.75) is 25.3 Å². The van der Waals surface area contributed by atoms with Crippen molar-refractivity contribution in [2.24, 2.45) is 0 Å². The van der Waals surface area contributed by atoms with Crippen LogP contribution in [-0.2, 0) is 13.0 Å². The highest BCUT2D eigenvalue weighted by Gasteiger charge is 2.15. The zero-order chi connectivity index (χ0) is 15.7. The van der Waals surface area contributed by atoms with Gasteiger partial charge >= 0.3 is 0 Å². The summed E-state index contributed by atoms with van der Waals surface area (Å²) >= 11 is 0. The van der Waals surface area contributed by atoms with Gasteiger partial charge in [-0.25, -0.2) is 0 Å². The molecule has 0 radical (unpaired) electrons. The molecule has 1 heterocycles. The molecule has 1 atom stereocenters. The number of hydrogen-bond acceptors (Lipinski definition) is 1. The smallest absolute Gasteiger partial charge is 0.107 e. The summed E-state index contributed by atoms with van der Waals surface area (Å²) in [5.74, 6) is 1.54. The van der Waals surface area contributed by atoms with Gasteiger partial charge in [0.1, 0.15) is 12.3 Å². The molecule has 0 aliphatic carbocycles. The SMILES string of the molecule is c1ccc(C[NH2+]CC[C@H](Cc2ccccc2)c2ccco2)cc1. The first kappa shape index (κ1) is 15.6. The van der Waals surface area contributed by atoms with E-state index >= 15 is 0 Å². The van der Waals surface area contributed by atoms with Gasteiger partial charge in [0, 0.05) is 17.9 Å². The fraction of sp³-hybridized carbons (Fsp3) is 0.238. The summed E-state index contributed by atoms with van der Waals surface area (Å²) in [5, 5.41) is 2.39. The van der Waals surface area contributed by atoms with Crippen molar-refractivity contribution in [1.29, 1.82) is 0 Å². The molecule has 0 saturated heterocycles. The molecule has 2 N–H and O–H groups in total. The van der Waals surface area contributed by atoms with E-state index in [1.54, 1.807) is 6.26 Å². The summed E-state index contributed by atoms with van der Waals surface area (Å²) in [7, 11) is 0. The Morgan fingerprint density at radius 1 is 0.783 bits per heavy atom. The largest absolute Gasteiger partial charge is 0.469 e. The van der Waals surface area contributed by atoms with E-state index in [1.807, 2.05) is 6.07 Å². The highest BCUT2D eigenvalue weighted by molar-refractivity contribution is 5.19. The molecule has 0 saturated carbocycles. The van der Waals surface area contributed by atoms with Gasteiger partial charge in [0.05, 0.1) is 12.8 Å². The van der Waals surface area contributed by atoms with Crippen LogP contribution in [0.15, 0.2) is 83.5 Å². The molecule has 0 amide bonds. The predicted molar refractivity (Wildman–Crippen MR) is 93.2 cm³/mol. The molecule has 2 aromatic carbocycles. The third-order valence-electron chi connectivity index (χ3n) is 4.21. The molecule has 3 aromatic rings. The average molecular weight is 306 g/mol. The highest BCUT2D eigenvalue weighted by atomic mass is 16.3. The standard InChI is InChI=1S/C21H23NO/c1-3-8-18(9-4-1)16-20(21-12-7-15-23-21)13-14-22-17-19-10-5-2-6-11-19/h1-12,15,20,22H,13-14,16-17H2/p+1/t20-/m1/s1. The molecule has 0 aliphatic heterocycles. The predicted octanol–water partition coefficient (Wildman–Crippen LogP) is 3.76. The molecule has 0 spiro atoms. The lowest BCUT2D eigenvalue weighted by Crippen LogP contribution is -2.82. The summed E-state index contributed by atoms with van der Waals surface area (Å²) in [6.07, 6.45) is 3.93. The second-order valence-electron chi connectivity index (χ2n) is 5.96. The highest BCUT2D eigenvalue weighted by Crippen LogP contribution is 2.24. The minimum absolute atomic E-state index is 0.444. The van der Waals surface area contributed by atoms with Gasteiger partial charge in [-0.05, 0) is 24.1 Å². The van der Waals surface area contributed by atoms with E-state index in [0.29, 0.717) is 5.92 Å². The lowest BCUT2D eigenvalue weighted by atomic mass is 9.94. The van der Waals surface area contributed by atoms with Crippen LogP contribution in [0.4, 0.5) is 0 Å². The summed E-state index contributed by atoms with van der Waals surface area (Å²) in [6, 6.07) is 25.4. The number of benzene rings is 2. The van der Waals surface area contributed by atoms with Crippen LogP contribution in [0.5, 0.6) is 0 Å². The van der Waals surface area contributed by atoms with E-state index in [1.165, 1.54) is 11.1 Å². The monoisotopic (exact) mass is 306 g/mol. The lowest BCUT2D eigenvalue weighted by molar-refractivity contribution is -0.671. The first-order valence-electron chi connectivity index (χ1n) is 8.35. The minimum Gasteiger partial charge on any atom is -0.469 e. The van der Waals surface area contributed by atoms with Gasteiger partial charge in [0.2, 0.25) is 0 Å². The van der Waals surface area contributed by atoms with E-state index in [4.69, 9.17) is 4.42 Å². The van der Waals surface area contributed by atoms with Crippen LogP contribution in [0.2, 0.25) is 0 Å². The molecule has 0 bridgehead atoms. The minimum atomic E-state index is 0.444. The number of quaternary nitrogens is 1. The summed E-state index contributed by atoms with van der Waals surface area (Å²) < 4.78 is 5.67. The third-order valence-corrected chi connectivity index (χ3v) is 4.21. The summed E-state index contributed by atoms with van der Waals surface area (Å²) in [4.78, 5) is 0. The number of furan rings is 1. The Balaban J connectivity index is 1.54. The van der Waals surface area contributed by atoms with Gasteiger partial charge in [0.15, 0.2) is 0 Å². The fourth-order valence-electron chi connectivity index (χ4n) is 2.97. The van der Waals surface area contributed by atoms with E-state index in [-0.39, 0.29) is 0 Å². The Labute approximate surface area is 138 Å². The van der Waals surface area contributed by atoms with Crippen LogP contribution in [0.1, 0.15) is 29.2 Å². The van der Waals surface area contributed by atoms with E-state index in [2.05, 4.69) is 72.0 Å². The van der Waals surface area contributed by atoms with Gasteiger partial charge in [-0.2, -0.15) is 0 Å². The fourth-order valence-corrected chi connectivity index (χ4v) is 2.97. The van der Waals surface area contributed by atoms with Crippen molar-refractivity contribution in [2.75, 3.05) is 6.54 Å². The van der Waals surface area contributed by atoms with Crippen molar-refractivity contribution in [3.05, 3.63) is 95.9 Å². The van der Waals surface area contributed by atoms with Gasteiger partial charge in [0.25, 0.3) is 0 Å². The molecule has 23 heavy (non-hydrogen) atoms. The molecule has 2 nitrogen and oxygen atoms in total. The Hall–Kier alpha value is -2.32. The molecule has 3 rings (SSSR count). The van der Waals surface area contributed by atoms with Gasteiger partial charge < -0.3 is 9.73 Å². The van der Waals surface area contributed by atoms with Crippen LogP contribution in [-0.4, -0.2) is 6.54 Å². The van der Waals surface area contributed by atoms with Crippen molar-refractivity contribution in [1.82, 2.24) is 0 Å². The Morgan fingerprint density at radius 2 is 1.48 bits per heavy atom. The van der Waals surface area contributed by atoms with Crippen molar-refractivity contribution < 1.29 is 9.73 Å². The topological polar surface area (TPSA) is 29.8 Å². The number of hydrogen-bond donors (Lipinski definition) is 1. The molecule has 2 heteroatoms. The molecule has 0 unspecified atom stereocenters. The second kappa shape index (κ2) is 8.35. The number of nitrogens with two attached hydrogens (primary N) is 1. The van der Waals surface area contributed by atoms with Crippen LogP contribution in [0.25, 0.3) is 0 Å². The van der Waals surface area contributed by atoms with Crippen molar-refractivity contribution in [3.63, 3.8) is 0 Å². The normalized spacial score (nSPS) is 12.2. The third kappa shape index (κ3) is 4.83. The Bertz CT molecular complexity index is 662. The van der Waals surface area contributed by atoms with E-state index in [0.717, 1.165) is 31.7 Å². The molecule has 0 fully saturated rings. The van der Waals surface area contributed by atoms with Gasteiger partial charge in [-0.15, -0.1) is 0 Å². The van der Waals surface area contributed by atoms with Crippen LogP contribution < -0.4 is 5.32 Å². The maximum atomic E-state index is 5.67. The maximum absolute atomic E-state index is 5.67. The second-order valence-corrected chi connectivity index (χ2v) is 5.96. The first-order valence-corrected chi connectivity index (χ1v) is 8.35. The van der Waals surface area contributed by atoms with E-state index < -0.39 is 0 Å². The first-order chi connectivity index (χ1) is 11.4. The molecular weight excluding hydrogens is 282 g/mol. The maximum Gasteiger partial charge on any atom is 0.107 e. The van der Waals surface area contributed by atoms with Crippen LogP contribution >= 0.6 is 0 Å². The zero-order valence-electron chi connectivity index (χ0n) is 13.4. The van der Waals surface area contributed by atoms with Crippen LogP contribution in [0, 0.1) is 0 Å². The van der Waals surface area contributed by atoms with Gasteiger partial charge in [-0.1, -0.05) is 60.7 Å². The van der Waals surface area contributed by atoms with Crippen molar-refractivity contribution in [3.8, 4) is 0 Å². The average Bonchev–Trinajstić information content (AvgIpc) is 3.14. The van der Waals surface area contributed by atoms with Gasteiger partial charge in [-0.3, -0.25) is 0 Å². The molecule has 0 aliphatic rings. The molecule has 1 aromatic heterocycles. The summed E-state index contributed by atoms with van der Waals surface area (Å²) in [6.45, 7) is 2.14. The zero-order valence-corrected chi connectivity index (χ0v) is 13.4. The molecule has 118 valence electrons. The summed E-state index contributed by atoms with van der Waals surface area (Å²) in [5.41, 5.74) is 2.75. The van der Waals surface area contributed by atoms with Crippen LogP contribution in [0.3, 0.4) is 0 Å². The van der Waals surface area contributed by atoms with Crippen molar-refractivity contribution >= 4 is 0 Å². The molecular formula is C21H24NO+. The lowest BCUT2D eigenvalue weighted by Gasteiger charge is -2.14. The Morgan fingerprint density at radius 3 is 2.13 bits per heavy atom.